The molecule has 104 valence electrons. The number of hydrogen-bond donors (Lipinski definition) is 1. The van der Waals surface area contributed by atoms with Crippen LogP contribution in [0.25, 0.3) is 0 Å². The van der Waals surface area contributed by atoms with Crippen molar-refractivity contribution < 1.29 is 0 Å². The minimum atomic E-state index is 0.640. The Hall–Kier alpha value is -0.480. The van der Waals surface area contributed by atoms with Crippen molar-refractivity contribution in [1.29, 1.82) is 0 Å². The van der Waals surface area contributed by atoms with Gasteiger partial charge in [-0.25, -0.2) is 0 Å². The standard InChI is InChI=1S/C15H21BrN2S/c1-4-11(5-2)13-9-17-15(19-13)18-12-8-6-7-10(3)14(12)16/h6-8,11,13H,4-5,9H2,1-3H3,(H,17,18). The molecule has 1 aromatic rings. The number of rotatable bonds is 4. The molecule has 0 spiro atoms. The van der Waals surface area contributed by atoms with Gasteiger partial charge < -0.3 is 5.32 Å². The van der Waals surface area contributed by atoms with Gasteiger partial charge in [-0.3, -0.25) is 4.99 Å². The lowest BCUT2D eigenvalue weighted by molar-refractivity contribution is 0.479. The van der Waals surface area contributed by atoms with Gasteiger partial charge in [0, 0.05) is 9.72 Å². The summed E-state index contributed by atoms with van der Waals surface area (Å²) in [5.74, 6) is 0.772. The lowest BCUT2D eigenvalue weighted by Crippen LogP contribution is -2.17. The van der Waals surface area contributed by atoms with Crippen LogP contribution in [0.2, 0.25) is 0 Å². The van der Waals surface area contributed by atoms with Crippen molar-refractivity contribution in [3.63, 3.8) is 0 Å². The highest BCUT2D eigenvalue weighted by atomic mass is 79.9. The quantitative estimate of drug-likeness (QED) is 0.826. The van der Waals surface area contributed by atoms with Gasteiger partial charge in [0.2, 0.25) is 0 Å². The first-order chi connectivity index (χ1) is 9.15. The topological polar surface area (TPSA) is 24.4 Å². The average molecular weight is 341 g/mol. The molecule has 1 aliphatic heterocycles. The number of nitrogens with zero attached hydrogens (tertiary/aromatic N) is 1. The molecule has 1 heterocycles. The number of amidine groups is 1. The Morgan fingerprint density at radius 1 is 1.42 bits per heavy atom. The normalized spacial score (nSPS) is 18.8. The number of halogens is 1. The van der Waals surface area contributed by atoms with Crippen LogP contribution in [0.3, 0.4) is 0 Å². The number of hydrogen-bond acceptors (Lipinski definition) is 3. The molecule has 2 rings (SSSR count). The molecule has 19 heavy (non-hydrogen) atoms. The van der Waals surface area contributed by atoms with Gasteiger partial charge in [-0.15, -0.1) is 0 Å². The lowest BCUT2D eigenvalue weighted by atomic mass is 9.99. The van der Waals surface area contributed by atoms with Crippen LogP contribution >= 0.6 is 27.7 Å². The third-order valence-electron chi connectivity index (χ3n) is 3.69. The van der Waals surface area contributed by atoms with Gasteiger partial charge in [-0.2, -0.15) is 0 Å². The van der Waals surface area contributed by atoms with E-state index in [9.17, 15) is 0 Å². The second-order valence-corrected chi connectivity index (χ2v) is 6.96. The maximum atomic E-state index is 4.65. The summed E-state index contributed by atoms with van der Waals surface area (Å²) in [7, 11) is 0. The Morgan fingerprint density at radius 2 is 2.16 bits per heavy atom. The molecular weight excluding hydrogens is 320 g/mol. The largest absolute Gasteiger partial charge is 0.334 e. The summed E-state index contributed by atoms with van der Waals surface area (Å²) in [5, 5.41) is 5.15. The van der Waals surface area contributed by atoms with E-state index in [-0.39, 0.29) is 0 Å². The van der Waals surface area contributed by atoms with Gasteiger partial charge in [-0.1, -0.05) is 50.6 Å². The summed E-state index contributed by atoms with van der Waals surface area (Å²) in [5.41, 5.74) is 2.35. The summed E-state index contributed by atoms with van der Waals surface area (Å²) in [6, 6.07) is 6.26. The van der Waals surface area contributed by atoms with E-state index in [1.807, 2.05) is 11.8 Å². The summed E-state index contributed by atoms with van der Waals surface area (Å²) in [6.45, 7) is 7.60. The van der Waals surface area contributed by atoms with Gasteiger partial charge in [-0.05, 0) is 40.4 Å². The molecule has 1 unspecified atom stereocenters. The summed E-state index contributed by atoms with van der Waals surface area (Å²) in [4.78, 5) is 4.65. The fourth-order valence-corrected chi connectivity index (χ4v) is 4.07. The van der Waals surface area contributed by atoms with Crippen LogP contribution in [0.1, 0.15) is 32.3 Å². The van der Waals surface area contributed by atoms with Gasteiger partial charge in [0.25, 0.3) is 0 Å². The fraction of sp³-hybridized carbons (Fsp3) is 0.533. The first kappa shape index (κ1) is 14.9. The van der Waals surface area contributed by atoms with Crippen molar-refractivity contribution in [1.82, 2.24) is 0 Å². The van der Waals surface area contributed by atoms with Crippen molar-refractivity contribution in [2.75, 3.05) is 11.9 Å². The molecule has 1 N–H and O–H groups in total. The fourth-order valence-electron chi connectivity index (χ4n) is 2.38. The first-order valence-corrected chi connectivity index (χ1v) is 8.56. The molecule has 0 fully saturated rings. The van der Waals surface area contributed by atoms with Crippen molar-refractivity contribution in [2.24, 2.45) is 10.9 Å². The predicted octanol–water partition coefficient (Wildman–Crippen LogP) is 5.08. The molecule has 0 amide bonds. The zero-order valence-corrected chi connectivity index (χ0v) is 14.1. The minimum absolute atomic E-state index is 0.640. The molecule has 1 aromatic carbocycles. The Labute approximate surface area is 128 Å². The van der Waals surface area contributed by atoms with Gasteiger partial charge in [0.05, 0.1) is 12.2 Å². The van der Waals surface area contributed by atoms with Crippen molar-refractivity contribution in [3.8, 4) is 0 Å². The monoisotopic (exact) mass is 340 g/mol. The first-order valence-electron chi connectivity index (χ1n) is 6.88. The van der Waals surface area contributed by atoms with Crippen LogP contribution in [0.15, 0.2) is 27.7 Å². The zero-order valence-electron chi connectivity index (χ0n) is 11.7. The van der Waals surface area contributed by atoms with E-state index in [1.165, 1.54) is 18.4 Å². The average Bonchev–Trinajstić information content (AvgIpc) is 2.85. The molecule has 0 saturated heterocycles. The highest BCUT2D eigenvalue weighted by Crippen LogP contribution is 2.33. The lowest BCUT2D eigenvalue weighted by Gasteiger charge is -2.18. The molecule has 0 aromatic heterocycles. The molecule has 0 radical (unpaired) electrons. The predicted molar refractivity (Wildman–Crippen MR) is 90.3 cm³/mol. The highest BCUT2D eigenvalue weighted by Gasteiger charge is 2.26. The van der Waals surface area contributed by atoms with E-state index >= 15 is 0 Å². The third kappa shape index (κ3) is 3.54. The molecular formula is C15H21BrN2S. The van der Waals surface area contributed by atoms with E-state index in [0.717, 1.165) is 27.8 Å². The molecule has 1 aliphatic rings. The number of anilines is 1. The Morgan fingerprint density at radius 3 is 2.84 bits per heavy atom. The summed E-state index contributed by atoms with van der Waals surface area (Å²) in [6.07, 6.45) is 2.48. The van der Waals surface area contributed by atoms with Crippen LogP contribution in [-0.2, 0) is 0 Å². The number of nitrogens with one attached hydrogen (secondary N) is 1. The molecule has 1 atom stereocenters. The SMILES string of the molecule is CCC(CC)C1CN=C(Nc2cccc(C)c2Br)S1. The number of aliphatic imine (C=N–C) groups is 1. The van der Waals surface area contributed by atoms with E-state index < -0.39 is 0 Å². The summed E-state index contributed by atoms with van der Waals surface area (Å²) < 4.78 is 1.13. The van der Waals surface area contributed by atoms with Crippen LogP contribution in [-0.4, -0.2) is 17.0 Å². The Bertz CT molecular complexity index is 469. The van der Waals surface area contributed by atoms with Gasteiger partial charge in [0.1, 0.15) is 0 Å². The third-order valence-corrected chi connectivity index (χ3v) is 6.03. The van der Waals surface area contributed by atoms with Crippen LogP contribution in [0.5, 0.6) is 0 Å². The molecule has 0 aliphatic carbocycles. The number of thioether (sulfide) groups is 1. The van der Waals surface area contributed by atoms with Gasteiger partial charge in [0.15, 0.2) is 5.17 Å². The Kier molecular flexibility index (Phi) is 5.34. The smallest absolute Gasteiger partial charge is 0.161 e. The van der Waals surface area contributed by atoms with Crippen molar-refractivity contribution in [3.05, 3.63) is 28.2 Å². The maximum Gasteiger partial charge on any atom is 0.161 e. The molecule has 0 bridgehead atoms. The Balaban J connectivity index is 2.00. The molecule has 2 nitrogen and oxygen atoms in total. The van der Waals surface area contributed by atoms with Crippen molar-refractivity contribution >= 4 is 38.5 Å². The van der Waals surface area contributed by atoms with E-state index in [2.05, 4.69) is 65.2 Å². The van der Waals surface area contributed by atoms with Crippen LogP contribution in [0, 0.1) is 12.8 Å². The second kappa shape index (κ2) is 6.80. The number of benzene rings is 1. The minimum Gasteiger partial charge on any atom is -0.334 e. The summed E-state index contributed by atoms with van der Waals surface area (Å²) >= 11 is 5.53. The van der Waals surface area contributed by atoms with E-state index in [0.29, 0.717) is 5.25 Å². The molecule has 0 saturated carbocycles. The van der Waals surface area contributed by atoms with E-state index in [1.54, 1.807) is 0 Å². The van der Waals surface area contributed by atoms with Gasteiger partial charge >= 0.3 is 0 Å². The van der Waals surface area contributed by atoms with Crippen molar-refractivity contribution in [2.45, 2.75) is 38.9 Å². The highest BCUT2D eigenvalue weighted by molar-refractivity contribution is 9.10. The maximum absolute atomic E-state index is 4.65. The molecule has 4 heteroatoms. The zero-order chi connectivity index (χ0) is 13.8. The second-order valence-electron chi connectivity index (χ2n) is 4.94. The van der Waals surface area contributed by atoms with Crippen LogP contribution < -0.4 is 5.32 Å². The number of aryl methyl sites for hydroxylation is 1. The van der Waals surface area contributed by atoms with E-state index in [4.69, 9.17) is 0 Å². The van der Waals surface area contributed by atoms with Crippen LogP contribution in [0.4, 0.5) is 5.69 Å².